The maximum atomic E-state index is 10.2. The van der Waals surface area contributed by atoms with Crippen molar-refractivity contribution in [3.63, 3.8) is 0 Å². The largest absolute Gasteiger partial charge is 0.553 e. The smallest absolute Gasteiger partial charge is 0.219 e. The number of aliphatic hydroxyl groups is 4. The zero-order valence-electron chi connectivity index (χ0n) is 18.8. The molecule has 0 aliphatic heterocycles. The molecular formula is C18H37NO11Rf2-4. The van der Waals surface area contributed by atoms with Crippen LogP contribution < -0.4 is 5.73 Å². The molecule has 12 nitrogen and oxygen atoms in total. The Balaban J connectivity index is -0.000000113. The normalized spacial score (nSPS) is 11.7. The van der Waals surface area contributed by atoms with Crippen molar-refractivity contribution in [1.29, 1.82) is 0 Å². The van der Waals surface area contributed by atoms with Gasteiger partial charge in [-0.15, -0.1) is 0 Å². The molecule has 0 radical (unpaired) electrons. The maximum Gasteiger partial charge on any atom is 0.219 e. The molecule has 0 saturated carbocycles. The molecule has 0 aromatic carbocycles. The van der Waals surface area contributed by atoms with E-state index >= 15 is 0 Å². The molecule has 0 saturated heterocycles. The summed E-state index contributed by atoms with van der Waals surface area (Å²) in [4.78, 5) is 10.2. The van der Waals surface area contributed by atoms with Gasteiger partial charge < -0.3 is 54.6 Å². The van der Waals surface area contributed by atoms with Gasteiger partial charge in [0.15, 0.2) is 0 Å². The zero-order chi connectivity index (χ0) is 23.6. The Morgan fingerprint density at radius 2 is 1.00 bits per heavy atom. The molecule has 0 aromatic rings. The van der Waals surface area contributed by atoms with Crippen LogP contribution in [0.3, 0.4) is 0 Å². The van der Waals surface area contributed by atoms with Crippen molar-refractivity contribution in [1.82, 2.24) is 0 Å². The fourth-order valence-corrected chi connectivity index (χ4v) is 1.36. The standard InChI is InChI=1S/C7H14NO4.C6H13O4.C5H10O3.2Rf/c1-11-4-6(9)5-12-3-2-7(8)10;1-9-4-6(8)5-10-3-2-7;1-7-3-5(6)4-8-2;;/h6,9H,1-5H2,(H2,8,10);6-8H,1-5H2;5-6H,1-4H2;;/q2*-1;-2;;. The number of carbonyl (C=O) groups excluding carboxylic acids is 1. The molecule has 0 spiro atoms. The van der Waals surface area contributed by atoms with Gasteiger partial charge in [-0.1, -0.05) is 0 Å². The van der Waals surface area contributed by atoms with Crippen LogP contribution in [0.4, 0.5) is 0 Å². The van der Waals surface area contributed by atoms with Crippen molar-refractivity contribution in [3.8, 4) is 0 Å². The van der Waals surface area contributed by atoms with Gasteiger partial charge in [0.05, 0.1) is 51.3 Å². The predicted octanol–water partition coefficient (Wildman–Crippen LogP) is -1.82. The van der Waals surface area contributed by atoms with Gasteiger partial charge in [0.2, 0.25) is 5.91 Å². The van der Waals surface area contributed by atoms with Crippen LogP contribution in [0.2, 0.25) is 0 Å². The topological polar surface area (TPSA) is 179 Å². The van der Waals surface area contributed by atoms with E-state index < -0.39 is 24.2 Å². The van der Waals surface area contributed by atoms with Crippen LogP contribution >= 0.6 is 0 Å². The first-order chi connectivity index (χ1) is 14.3. The van der Waals surface area contributed by atoms with E-state index in [-0.39, 0.29) is 65.9 Å². The molecule has 0 rings (SSSR count). The second-order valence-electron chi connectivity index (χ2n) is 5.53. The van der Waals surface area contributed by atoms with Crippen LogP contribution in [0.25, 0.3) is 0 Å². The Morgan fingerprint density at radius 3 is 1.28 bits per heavy atom. The minimum absolute atomic E-state index is 0. The summed E-state index contributed by atoms with van der Waals surface area (Å²) >= 11 is 0. The monoisotopic (exact) mass is 977 g/mol. The van der Waals surface area contributed by atoms with Gasteiger partial charge in [0.25, 0.3) is 0 Å². The number of ether oxygens (including phenoxy) is 6. The van der Waals surface area contributed by atoms with E-state index in [1.165, 1.54) is 0 Å². The van der Waals surface area contributed by atoms with E-state index in [2.05, 4.69) is 47.4 Å². The molecule has 32 heavy (non-hydrogen) atoms. The van der Waals surface area contributed by atoms with Crippen molar-refractivity contribution in [2.75, 3.05) is 59.5 Å². The molecule has 0 aliphatic carbocycles. The Kier molecular flexibility index (Phi) is 40.4. The van der Waals surface area contributed by atoms with Crippen LogP contribution in [-0.2, 0) is 33.2 Å². The summed E-state index contributed by atoms with van der Waals surface area (Å²) < 4.78 is 27.2. The minimum Gasteiger partial charge on any atom is -0.553 e. The summed E-state index contributed by atoms with van der Waals surface area (Å²) in [5.41, 5.74) is 4.85. The van der Waals surface area contributed by atoms with E-state index in [0.29, 0.717) is 0 Å². The Morgan fingerprint density at radius 1 is 0.688 bits per heavy atom. The third-order valence-electron chi connectivity index (χ3n) is 2.59. The van der Waals surface area contributed by atoms with Crippen LogP contribution in [0.1, 0.15) is 6.42 Å². The number of rotatable bonds is 17. The molecule has 0 bridgehead atoms. The van der Waals surface area contributed by atoms with E-state index in [9.17, 15) is 4.79 Å². The quantitative estimate of drug-likeness (QED) is 0.0820. The van der Waals surface area contributed by atoms with Crippen LogP contribution in [0.15, 0.2) is 0 Å². The van der Waals surface area contributed by atoms with Crippen LogP contribution in [0.5, 0.6) is 0 Å². The summed E-state index contributed by atoms with van der Waals surface area (Å²) in [5, 5.41) is 34.9. The molecule has 0 aromatic heterocycles. The maximum absolute atomic E-state index is 10.2. The average Bonchev–Trinajstić information content (AvgIpc) is 2.67. The van der Waals surface area contributed by atoms with Crippen molar-refractivity contribution in [2.45, 2.75) is 24.7 Å². The summed E-state index contributed by atoms with van der Waals surface area (Å²) in [5.74, 6) is -0.419. The molecule has 6 N–H and O–H groups in total. The second-order valence-corrected chi connectivity index (χ2v) is 5.53. The van der Waals surface area contributed by atoms with Crippen molar-refractivity contribution < 1.29 is 53.6 Å². The minimum atomic E-state index is -0.699. The van der Waals surface area contributed by atoms with Crippen molar-refractivity contribution in [2.24, 2.45) is 5.73 Å². The number of aliphatic hydroxyl groups excluding tert-OH is 4. The average molecular weight is 977 g/mol. The number of amides is 1. The number of hydrogen-bond acceptors (Lipinski definition) is 11. The number of primary amides is 1. The molecule has 0 fully saturated rings. The first kappa shape index (κ1) is 39.5. The van der Waals surface area contributed by atoms with Gasteiger partial charge in [-0.3, -0.25) is 4.79 Å². The molecule has 188 valence electrons. The summed E-state index contributed by atoms with van der Waals surface area (Å²) in [6, 6.07) is 0. The third-order valence-corrected chi connectivity index (χ3v) is 2.59. The first-order valence-corrected chi connectivity index (χ1v) is 8.85. The molecular weight excluding hydrogens is 940 g/mol. The van der Waals surface area contributed by atoms with Crippen molar-refractivity contribution in [3.05, 3.63) is 28.4 Å². The first-order valence-electron chi connectivity index (χ1n) is 8.85. The second kappa shape index (κ2) is 32.7. The van der Waals surface area contributed by atoms with Gasteiger partial charge in [-0.25, -0.2) is 28.4 Å². The summed E-state index contributed by atoms with van der Waals surface area (Å²) in [6.45, 7) is 1.40. The van der Waals surface area contributed by atoms with E-state index in [4.69, 9.17) is 35.6 Å². The Bertz CT molecular complexity index is 342. The third kappa shape index (κ3) is 41.4. The molecule has 2 unspecified atom stereocenters. The molecule has 0 heterocycles. The molecule has 0 aliphatic rings. The number of carbonyl (C=O) groups is 1. The fourth-order valence-electron chi connectivity index (χ4n) is 1.36. The molecule has 1 amide bonds. The number of nitrogens with two attached hydrogens (primary N) is 1. The summed E-state index contributed by atoms with van der Waals surface area (Å²) in [7, 11) is 12.3. The van der Waals surface area contributed by atoms with E-state index in [0.717, 1.165) is 0 Å². The van der Waals surface area contributed by atoms with E-state index in [1.54, 1.807) is 0 Å². The van der Waals surface area contributed by atoms with Gasteiger partial charge in [0, 0.05) is 32.8 Å². The summed E-state index contributed by atoms with van der Waals surface area (Å²) in [6.07, 6.45) is -1.79. The van der Waals surface area contributed by atoms with Gasteiger partial charge in [0.1, 0.15) is 0 Å². The predicted molar refractivity (Wildman–Crippen MR) is 106 cm³/mol. The molecule has 2 atom stereocenters. The Labute approximate surface area is 178 Å². The van der Waals surface area contributed by atoms with Gasteiger partial charge >= 0.3 is 0 Å². The van der Waals surface area contributed by atoms with Gasteiger partial charge in [-0.2, -0.15) is 0 Å². The Hall–Kier alpha value is -2.93. The van der Waals surface area contributed by atoms with Crippen molar-refractivity contribution >= 4 is 5.91 Å². The number of hydrogen-bond donors (Lipinski definition) is 5. The van der Waals surface area contributed by atoms with Gasteiger partial charge in [-0.05, 0) is 0 Å². The zero-order valence-corrected chi connectivity index (χ0v) is 31.6. The van der Waals surface area contributed by atoms with Crippen LogP contribution in [0, 0.1) is 28.4 Å². The SMILES string of the molecule is [CH2-]OCC(O)COCCC(N)=O.[CH2-]OCC(O)COCCO.[CH2-]OCC(O)CO[CH2-].[Rf].[Rf]. The van der Waals surface area contributed by atoms with Crippen LogP contribution in [-0.4, -0.2) is 104 Å². The molecule has 14 heteroatoms. The fraction of sp³-hybridized carbons (Fsp3) is 0.722. The van der Waals surface area contributed by atoms with E-state index in [1.807, 2.05) is 0 Å².